The molecule has 84 valence electrons. The van der Waals surface area contributed by atoms with Gasteiger partial charge in [0.2, 0.25) is 0 Å². The second kappa shape index (κ2) is 5.72. The second-order valence-corrected chi connectivity index (χ2v) is 3.79. The number of hydrogen-bond donors (Lipinski definition) is 2. The van der Waals surface area contributed by atoms with E-state index in [4.69, 9.17) is 9.79 Å². The van der Waals surface area contributed by atoms with Crippen LogP contribution >= 0.6 is 7.82 Å². The molecular formula is C8H11O6P. The van der Waals surface area contributed by atoms with Crippen LogP contribution in [0, 0.1) is 5.92 Å². The van der Waals surface area contributed by atoms with Gasteiger partial charge in [-0.15, -0.1) is 0 Å². The number of carbonyl (C=O) groups excluding carboxylic acids is 2. The molecule has 0 radical (unpaired) electrons. The first-order chi connectivity index (χ1) is 6.81. The van der Waals surface area contributed by atoms with Crippen molar-refractivity contribution in [2.45, 2.75) is 0 Å². The smallest absolute Gasteiger partial charge is 0.303 e. The Balaban J connectivity index is 4.59. The number of rotatable bonds is 7. The van der Waals surface area contributed by atoms with E-state index in [1.165, 1.54) is 0 Å². The average Bonchev–Trinajstić information content (AvgIpc) is 2.15. The molecule has 0 atom stereocenters. The van der Waals surface area contributed by atoms with E-state index in [9.17, 15) is 14.2 Å². The second-order valence-electron chi connectivity index (χ2n) is 2.55. The molecule has 0 bridgehead atoms. The summed E-state index contributed by atoms with van der Waals surface area (Å²) >= 11 is 0. The number of allylic oxidation sites excluding steroid dienone is 2. The van der Waals surface area contributed by atoms with Gasteiger partial charge in [-0.05, 0) is 12.2 Å². The molecule has 0 aromatic rings. The number of carbonyl (C=O) groups is 2. The maximum absolute atomic E-state index is 11.1. The van der Waals surface area contributed by atoms with Crippen LogP contribution in [0.5, 0.6) is 0 Å². The molecule has 0 aliphatic carbocycles. The van der Waals surface area contributed by atoms with Crippen molar-refractivity contribution in [2.24, 2.45) is 5.92 Å². The van der Waals surface area contributed by atoms with Gasteiger partial charge in [-0.2, -0.15) is 0 Å². The van der Waals surface area contributed by atoms with Crippen molar-refractivity contribution in [3.8, 4) is 0 Å². The van der Waals surface area contributed by atoms with E-state index in [1.807, 2.05) is 0 Å². The normalized spacial score (nSPS) is 11.1. The van der Waals surface area contributed by atoms with Crippen molar-refractivity contribution in [2.75, 3.05) is 6.61 Å². The van der Waals surface area contributed by atoms with Gasteiger partial charge in [0.25, 0.3) is 0 Å². The fraction of sp³-hybridized carbons (Fsp3) is 0.250. The lowest BCUT2D eigenvalue weighted by Crippen LogP contribution is -2.25. The zero-order valence-electron chi connectivity index (χ0n) is 7.83. The van der Waals surface area contributed by atoms with E-state index in [0.29, 0.717) is 0 Å². The Bertz CT molecular complexity index is 308. The molecule has 0 saturated heterocycles. The van der Waals surface area contributed by atoms with Crippen LogP contribution in [0.25, 0.3) is 0 Å². The highest BCUT2D eigenvalue weighted by Gasteiger charge is 2.26. The van der Waals surface area contributed by atoms with Crippen molar-refractivity contribution in [3.63, 3.8) is 0 Å². The Labute approximate surface area is 86.5 Å². The molecule has 0 rings (SSSR count). The lowest BCUT2D eigenvalue weighted by atomic mass is 10.0. The topological polar surface area (TPSA) is 101 Å². The molecule has 0 aliphatic heterocycles. The summed E-state index contributed by atoms with van der Waals surface area (Å²) in [4.78, 5) is 39.0. The van der Waals surface area contributed by atoms with Crippen LogP contribution in [0.2, 0.25) is 0 Å². The van der Waals surface area contributed by atoms with Crippen LogP contribution in [0.4, 0.5) is 0 Å². The molecule has 15 heavy (non-hydrogen) atoms. The van der Waals surface area contributed by atoms with Crippen LogP contribution in [-0.4, -0.2) is 28.0 Å². The first-order valence-electron chi connectivity index (χ1n) is 3.84. The van der Waals surface area contributed by atoms with E-state index < -0.39 is 31.9 Å². The van der Waals surface area contributed by atoms with Crippen LogP contribution in [0.3, 0.4) is 0 Å². The highest BCUT2D eigenvalue weighted by atomic mass is 31.2. The number of phosphoric ester groups is 1. The van der Waals surface area contributed by atoms with E-state index in [2.05, 4.69) is 17.7 Å². The van der Waals surface area contributed by atoms with Gasteiger partial charge in [0.05, 0.1) is 6.61 Å². The van der Waals surface area contributed by atoms with Gasteiger partial charge in [0.1, 0.15) is 5.92 Å². The molecule has 0 unspecified atom stereocenters. The minimum absolute atomic E-state index is 0.673. The third-order valence-corrected chi connectivity index (χ3v) is 1.98. The lowest BCUT2D eigenvalue weighted by molar-refractivity contribution is -0.128. The monoisotopic (exact) mass is 234 g/mol. The molecule has 7 heteroatoms. The molecule has 0 spiro atoms. The number of hydrogen-bond acceptors (Lipinski definition) is 4. The van der Waals surface area contributed by atoms with Crippen LogP contribution in [0.1, 0.15) is 0 Å². The quantitative estimate of drug-likeness (QED) is 0.371. The first-order valence-corrected chi connectivity index (χ1v) is 5.37. The van der Waals surface area contributed by atoms with Gasteiger partial charge in [-0.3, -0.25) is 14.1 Å². The molecular weight excluding hydrogens is 223 g/mol. The summed E-state index contributed by atoms with van der Waals surface area (Å²) in [5.74, 6) is -2.64. The first kappa shape index (κ1) is 13.9. The van der Waals surface area contributed by atoms with Gasteiger partial charge in [-0.25, -0.2) is 4.57 Å². The third kappa shape index (κ3) is 5.39. The Hall–Kier alpha value is -1.07. The standard InChI is InChI=1S/C8H11O6P/c1-3-7(9)6(8(10)4-2)5-14-15(11,12)13/h3-4,6H,1-2,5H2,(H2,11,12,13). The summed E-state index contributed by atoms with van der Waals surface area (Å²) in [5, 5.41) is 0. The fourth-order valence-electron chi connectivity index (χ4n) is 0.761. The SMILES string of the molecule is C=CC(=O)C(COP(=O)(O)O)C(=O)C=C. The van der Waals surface area contributed by atoms with Gasteiger partial charge in [0.15, 0.2) is 11.6 Å². The molecule has 6 nitrogen and oxygen atoms in total. The summed E-state index contributed by atoms with van der Waals surface area (Å²) in [5.41, 5.74) is 0. The van der Waals surface area contributed by atoms with Crippen molar-refractivity contribution in [3.05, 3.63) is 25.3 Å². The predicted molar refractivity (Wildman–Crippen MR) is 51.9 cm³/mol. The number of phosphoric acid groups is 1. The summed E-state index contributed by atoms with van der Waals surface area (Å²) in [6, 6.07) is 0. The van der Waals surface area contributed by atoms with E-state index >= 15 is 0 Å². The largest absolute Gasteiger partial charge is 0.469 e. The van der Waals surface area contributed by atoms with E-state index in [-0.39, 0.29) is 0 Å². The van der Waals surface area contributed by atoms with E-state index in [1.54, 1.807) is 0 Å². The van der Waals surface area contributed by atoms with Crippen molar-refractivity contribution in [1.82, 2.24) is 0 Å². The molecule has 0 aromatic carbocycles. The maximum atomic E-state index is 11.1. The molecule has 2 N–H and O–H groups in total. The Morgan fingerprint density at radius 3 is 1.93 bits per heavy atom. The predicted octanol–water partition coefficient (Wildman–Crippen LogP) is 0.222. The lowest BCUT2D eigenvalue weighted by Gasteiger charge is -2.11. The zero-order valence-corrected chi connectivity index (χ0v) is 8.72. The average molecular weight is 234 g/mol. The minimum atomic E-state index is -4.69. The van der Waals surface area contributed by atoms with Crippen LogP contribution in [0.15, 0.2) is 25.3 Å². The van der Waals surface area contributed by atoms with Gasteiger partial charge >= 0.3 is 7.82 Å². The summed E-state index contributed by atoms with van der Waals surface area (Å²) in [6.07, 6.45) is 1.77. The highest BCUT2D eigenvalue weighted by Crippen LogP contribution is 2.36. The molecule has 0 saturated carbocycles. The van der Waals surface area contributed by atoms with Crippen molar-refractivity contribution >= 4 is 19.4 Å². The Morgan fingerprint density at radius 1 is 1.27 bits per heavy atom. The zero-order chi connectivity index (χ0) is 12.1. The molecule has 0 fully saturated rings. The minimum Gasteiger partial charge on any atom is -0.303 e. The van der Waals surface area contributed by atoms with Crippen LogP contribution < -0.4 is 0 Å². The molecule has 0 aliphatic rings. The van der Waals surface area contributed by atoms with Gasteiger partial charge in [-0.1, -0.05) is 13.2 Å². The Morgan fingerprint density at radius 2 is 1.67 bits per heavy atom. The third-order valence-electron chi connectivity index (χ3n) is 1.50. The van der Waals surface area contributed by atoms with E-state index in [0.717, 1.165) is 12.2 Å². The summed E-state index contributed by atoms with van der Waals surface area (Å²) in [7, 11) is -4.69. The van der Waals surface area contributed by atoms with Gasteiger partial charge in [0, 0.05) is 0 Å². The molecule has 0 amide bonds. The molecule has 0 heterocycles. The van der Waals surface area contributed by atoms with Gasteiger partial charge < -0.3 is 9.79 Å². The Kier molecular flexibility index (Phi) is 5.32. The van der Waals surface area contributed by atoms with Crippen molar-refractivity contribution in [1.29, 1.82) is 0 Å². The number of ketones is 2. The summed E-state index contributed by atoms with van der Waals surface area (Å²) in [6.45, 7) is 5.62. The van der Waals surface area contributed by atoms with Crippen LogP contribution in [-0.2, 0) is 18.7 Å². The molecule has 0 aromatic heterocycles. The summed E-state index contributed by atoms with van der Waals surface area (Å²) < 4.78 is 14.4. The highest BCUT2D eigenvalue weighted by molar-refractivity contribution is 7.46. The van der Waals surface area contributed by atoms with Crippen molar-refractivity contribution < 1.29 is 28.5 Å². The maximum Gasteiger partial charge on any atom is 0.469 e. The fourth-order valence-corrected chi connectivity index (χ4v) is 1.10.